The zero-order valence-electron chi connectivity index (χ0n) is 10.5. The molecular formula is C12H14N4O2. The topological polar surface area (TPSA) is 69.9 Å². The molecule has 0 atom stereocenters. The Morgan fingerprint density at radius 3 is 2.61 bits per heavy atom. The summed E-state index contributed by atoms with van der Waals surface area (Å²) < 4.78 is 6.36. The maximum absolute atomic E-state index is 11.5. The molecule has 0 bridgehead atoms. The quantitative estimate of drug-likeness (QED) is 0.767. The zero-order chi connectivity index (χ0) is 13.1. The first-order chi connectivity index (χ1) is 8.60. The van der Waals surface area contributed by atoms with Crippen LogP contribution in [0.3, 0.4) is 0 Å². The lowest BCUT2D eigenvalue weighted by atomic mass is 10.3. The summed E-state index contributed by atoms with van der Waals surface area (Å²) in [5.41, 5.74) is 2.09. The predicted octanol–water partition coefficient (Wildman–Crippen LogP) is 1.46. The Labute approximate surface area is 105 Å². The van der Waals surface area contributed by atoms with Crippen molar-refractivity contribution in [1.29, 1.82) is 0 Å². The van der Waals surface area contributed by atoms with Crippen molar-refractivity contribution < 1.29 is 9.53 Å². The summed E-state index contributed by atoms with van der Waals surface area (Å²) in [6, 6.07) is 1.87. The van der Waals surface area contributed by atoms with E-state index in [4.69, 9.17) is 4.74 Å². The summed E-state index contributed by atoms with van der Waals surface area (Å²) in [6.45, 7) is 5.86. The van der Waals surface area contributed by atoms with Crippen LogP contribution in [0.2, 0.25) is 0 Å². The van der Waals surface area contributed by atoms with Gasteiger partial charge >= 0.3 is 5.97 Å². The van der Waals surface area contributed by atoms with Crippen LogP contribution in [0.5, 0.6) is 0 Å². The van der Waals surface area contributed by atoms with E-state index in [1.54, 1.807) is 13.1 Å². The summed E-state index contributed by atoms with van der Waals surface area (Å²) >= 11 is 0. The summed E-state index contributed by atoms with van der Waals surface area (Å²) in [7, 11) is 0. The third-order valence-corrected chi connectivity index (χ3v) is 2.27. The van der Waals surface area contributed by atoms with Gasteiger partial charge in [-0.2, -0.15) is 5.10 Å². The molecule has 0 N–H and O–H groups in total. The first-order valence-corrected chi connectivity index (χ1v) is 5.64. The minimum absolute atomic E-state index is 0.337. The molecule has 2 aromatic heterocycles. The third kappa shape index (κ3) is 2.53. The van der Waals surface area contributed by atoms with Gasteiger partial charge in [0.1, 0.15) is 0 Å². The minimum Gasteiger partial charge on any atom is -0.462 e. The van der Waals surface area contributed by atoms with Gasteiger partial charge in [-0.15, -0.1) is 0 Å². The van der Waals surface area contributed by atoms with E-state index in [1.165, 1.54) is 10.9 Å². The van der Waals surface area contributed by atoms with Crippen molar-refractivity contribution in [3.63, 3.8) is 0 Å². The van der Waals surface area contributed by atoms with E-state index in [9.17, 15) is 4.79 Å². The van der Waals surface area contributed by atoms with E-state index in [0.29, 0.717) is 18.1 Å². The molecule has 6 heteroatoms. The van der Waals surface area contributed by atoms with Crippen molar-refractivity contribution in [2.45, 2.75) is 20.8 Å². The Balaban J connectivity index is 2.32. The summed E-state index contributed by atoms with van der Waals surface area (Å²) in [5.74, 6) is 0.0520. The molecule has 2 rings (SSSR count). The van der Waals surface area contributed by atoms with Gasteiger partial charge in [0.15, 0.2) is 0 Å². The van der Waals surface area contributed by atoms with Gasteiger partial charge in [-0.3, -0.25) is 0 Å². The molecule has 18 heavy (non-hydrogen) atoms. The molecule has 6 nitrogen and oxygen atoms in total. The fourth-order valence-corrected chi connectivity index (χ4v) is 1.56. The third-order valence-electron chi connectivity index (χ3n) is 2.27. The summed E-state index contributed by atoms with van der Waals surface area (Å²) in [4.78, 5) is 20.0. The number of rotatable bonds is 3. The fourth-order valence-electron chi connectivity index (χ4n) is 1.56. The molecule has 0 aliphatic rings. The van der Waals surface area contributed by atoms with E-state index in [-0.39, 0.29) is 0 Å². The predicted molar refractivity (Wildman–Crippen MR) is 64.6 cm³/mol. The monoisotopic (exact) mass is 246 g/mol. The Hall–Kier alpha value is -2.24. The maximum Gasteiger partial charge on any atom is 0.341 e. The number of aromatic nitrogens is 4. The molecule has 0 unspecified atom stereocenters. The molecule has 94 valence electrons. The number of aryl methyl sites for hydroxylation is 2. The summed E-state index contributed by atoms with van der Waals surface area (Å²) in [6.07, 6.45) is 3.01. The van der Waals surface area contributed by atoms with Gasteiger partial charge in [0.25, 0.3) is 5.95 Å². The van der Waals surface area contributed by atoms with E-state index in [2.05, 4.69) is 15.1 Å². The fraction of sp³-hybridized carbons (Fsp3) is 0.333. The van der Waals surface area contributed by atoms with E-state index in [1.807, 2.05) is 19.9 Å². The van der Waals surface area contributed by atoms with Crippen LogP contribution in [0, 0.1) is 13.8 Å². The Bertz CT molecular complexity index is 557. The van der Waals surface area contributed by atoms with Crippen molar-refractivity contribution in [3.05, 3.63) is 35.4 Å². The number of hydrogen-bond acceptors (Lipinski definition) is 5. The molecule has 0 fully saturated rings. The van der Waals surface area contributed by atoms with Crippen molar-refractivity contribution in [2.24, 2.45) is 0 Å². The van der Waals surface area contributed by atoms with Crippen molar-refractivity contribution >= 4 is 5.97 Å². The lowest BCUT2D eigenvalue weighted by Crippen LogP contribution is -2.05. The average molecular weight is 246 g/mol. The smallest absolute Gasteiger partial charge is 0.341 e. The van der Waals surface area contributed by atoms with Crippen molar-refractivity contribution in [2.75, 3.05) is 6.61 Å². The number of carbonyl (C=O) groups excluding carboxylic acids is 1. The van der Waals surface area contributed by atoms with Gasteiger partial charge in [-0.05, 0) is 26.8 Å². The number of ether oxygens (including phenoxy) is 1. The average Bonchev–Trinajstić information content (AvgIpc) is 2.77. The number of hydrogen-bond donors (Lipinski definition) is 0. The molecule has 0 aliphatic carbocycles. The highest BCUT2D eigenvalue weighted by atomic mass is 16.5. The highest BCUT2D eigenvalue weighted by Crippen LogP contribution is 2.07. The van der Waals surface area contributed by atoms with E-state index >= 15 is 0 Å². The van der Waals surface area contributed by atoms with Crippen LogP contribution in [0.15, 0.2) is 18.5 Å². The molecule has 0 amide bonds. The van der Waals surface area contributed by atoms with Gasteiger partial charge < -0.3 is 4.74 Å². The van der Waals surface area contributed by atoms with Crippen LogP contribution >= 0.6 is 0 Å². The molecule has 2 heterocycles. The SMILES string of the molecule is CCOC(=O)c1cnn(-c2nc(C)cc(C)n2)c1. The Morgan fingerprint density at radius 1 is 1.33 bits per heavy atom. The van der Waals surface area contributed by atoms with Crippen LogP contribution in [0.1, 0.15) is 28.7 Å². The van der Waals surface area contributed by atoms with Gasteiger partial charge in [-0.1, -0.05) is 0 Å². The molecule has 0 aliphatic heterocycles. The maximum atomic E-state index is 11.5. The molecular weight excluding hydrogens is 232 g/mol. The highest BCUT2D eigenvalue weighted by molar-refractivity contribution is 5.88. The number of esters is 1. The van der Waals surface area contributed by atoms with Gasteiger partial charge in [0.05, 0.1) is 18.4 Å². The van der Waals surface area contributed by atoms with Gasteiger partial charge in [0.2, 0.25) is 0 Å². The van der Waals surface area contributed by atoms with Gasteiger partial charge in [0, 0.05) is 17.6 Å². The minimum atomic E-state index is -0.395. The number of nitrogens with zero attached hydrogens (tertiary/aromatic N) is 4. The van der Waals surface area contributed by atoms with Crippen LogP contribution in [-0.4, -0.2) is 32.3 Å². The second-order valence-corrected chi connectivity index (χ2v) is 3.84. The van der Waals surface area contributed by atoms with E-state index in [0.717, 1.165) is 11.4 Å². The Kier molecular flexibility index (Phi) is 3.36. The molecule has 0 saturated carbocycles. The molecule has 0 spiro atoms. The second-order valence-electron chi connectivity index (χ2n) is 3.84. The van der Waals surface area contributed by atoms with Crippen molar-refractivity contribution in [1.82, 2.24) is 19.7 Å². The summed E-state index contributed by atoms with van der Waals surface area (Å²) in [5, 5.41) is 4.06. The largest absolute Gasteiger partial charge is 0.462 e. The lowest BCUT2D eigenvalue weighted by Gasteiger charge is -2.02. The molecule has 0 aromatic carbocycles. The van der Waals surface area contributed by atoms with Gasteiger partial charge in [-0.25, -0.2) is 19.4 Å². The first kappa shape index (κ1) is 12.2. The Morgan fingerprint density at radius 2 is 2.00 bits per heavy atom. The first-order valence-electron chi connectivity index (χ1n) is 5.64. The van der Waals surface area contributed by atoms with Crippen LogP contribution in [-0.2, 0) is 4.74 Å². The van der Waals surface area contributed by atoms with Crippen LogP contribution in [0.4, 0.5) is 0 Å². The second kappa shape index (κ2) is 4.95. The zero-order valence-corrected chi connectivity index (χ0v) is 10.5. The normalized spacial score (nSPS) is 10.4. The molecule has 2 aromatic rings. The van der Waals surface area contributed by atoms with Crippen LogP contribution in [0.25, 0.3) is 5.95 Å². The number of carbonyl (C=O) groups is 1. The standard InChI is InChI=1S/C12H14N4O2/c1-4-18-11(17)10-6-13-16(7-10)12-14-8(2)5-9(3)15-12/h5-7H,4H2,1-3H3. The van der Waals surface area contributed by atoms with E-state index < -0.39 is 5.97 Å². The van der Waals surface area contributed by atoms with Crippen molar-refractivity contribution in [3.8, 4) is 5.95 Å². The lowest BCUT2D eigenvalue weighted by molar-refractivity contribution is 0.0526. The molecule has 0 saturated heterocycles. The van der Waals surface area contributed by atoms with Crippen LogP contribution < -0.4 is 0 Å². The molecule has 0 radical (unpaired) electrons. The highest BCUT2D eigenvalue weighted by Gasteiger charge is 2.11.